The second-order valence-electron chi connectivity index (χ2n) is 5.23. The Morgan fingerprint density at radius 3 is 2.65 bits per heavy atom. The number of unbranched alkanes of at least 4 members (excludes halogenated alkanes) is 4. The van der Waals surface area contributed by atoms with Crippen molar-refractivity contribution in [1.82, 2.24) is 0 Å². The van der Waals surface area contributed by atoms with Gasteiger partial charge in [0.1, 0.15) is 24.4 Å². The average Bonchev–Trinajstić information content (AvgIpc) is 2.78. The number of hydrogen-bond acceptors (Lipinski definition) is 5. The number of aliphatic hydroxyl groups excluding tert-OH is 3. The minimum absolute atomic E-state index is 0.0823. The first kappa shape index (κ1) is 17.6. The molecule has 1 saturated heterocycles. The Balaban J connectivity index is 2.17. The maximum Gasteiger partial charge on any atom is 0.114 e. The van der Waals surface area contributed by atoms with E-state index >= 15 is 0 Å². The third kappa shape index (κ3) is 5.89. The van der Waals surface area contributed by atoms with Crippen LogP contribution in [0, 0.1) is 0 Å². The van der Waals surface area contributed by atoms with E-state index in [4.69, 9.17) is 9.47 Å². The molecule has 0 saturated carbocycles. The monoisotopic (exact) mass is 288 g/mol. The van der Waals surface area contributed by atoms with Crippen LogP contribution in [0.3, 0.4) is 0 Å². The molecule has 0 radical (unpaired) electrons. The number of ether oxygens (including phenoxy) is 2. The Morgan fingerprint density at radius 2 is 2.05 bits per heavy atom. The Hall–Kier alpha value is -0.460. The van der Waals surface area contributed by atoms with E-state index in [0.29, 0.717) is 6.61 Å². The number of allylic oxidation sites excluding steroid dienone is 1. The SMILES string of the molecule is CCCCCC/C=C/CO[C@H](CO)[C@H]1OC[C@H](O)[C@H]1O. The normalized spacial score (nSPS) is 28.3. The molecule has 3 N–H and O–H groups in total. The van der Waals surface area contributed by atoms with Crippen molar-refractivity contribution in [2.75, 3.05) is 19.8 Å². The quantitative estimate of drug-likeness (QED) is 0.413. The first-order valence-corrected chi connectivity index (χ1v) is 7.55. The van der Waals surface area contributed by atoms with E-state index in [9.17, 15) is 15.3 Å². The van der Waals surface area contributed by atoms with Crippen molar-refractivity contribution in [3.8, 4) is 0 Å². The van der Waals surface area contributed by atoms with Gasteiger partial charge in [-0.15, -0.1) is 0 Å². The summed E-state index contributed by atoms with van der Waals surface area (Å²) in [6.07, 6.45) is 6.82. The van der Waals surface area contributed by atoms with Gasteiger partial charge >= 0.3 is 0 Å². The Kier molecular flexibility index (Phi) is 9.05. The van der Waals surface area contributed by atoms with Crippen LogP contribution in [0.5, 0.6) is 0 Å². The summed E-state index contributed by atoms with van der Waals surface area (Å²) in [5, 5.41) is 28.4. The smallest absolute Gasteiger partial charge is 0.114 e. The van der Waals surface area contributed by atoms with Gasteiger partial charge in [0.2, 0.25) is 0 Å². The molecule has 5 heteroatoms. The maximum absolute atomic E-state index is 9.70. The van der Waals surface area contributed by atoms with Gasteiger partial charge in [-0.1, -0.05) is 38.3 Å². The van der Waals surface area contributed by atoms with E-state index in [0.717, 1.165) is 6.42 Å². The van der Waals surface area contributed by atoms with Gasteiger partial charge < -0.3 is 24.8 Å². The predicted molar refractivity (Wildman–Crippen MR) is 76.5 cm³/mol. The van der Waals surface area contributed by atoms with E-state index < -0.39 is 24.4 Å². The van der Waals surface area contributed by atoms with Gasteiger partial charge in [-0.3, -0.25) is 0 Å². The molecule has 1 rings (SSSR count). The van der Waals surface area contributed by atoms with E-state index in [1.807, 2.05) is 6.08 Å². The molecular weight excluding hydrogens is 260 g/mol. The summed E-state index contributed by atoms with van der Waals surface area (Å²) in [4.78, 5) is 0. The van der Waals surface area contributed by atoms with Crippen molar-refractivity contribution in [3.63, 3.8) is 0 Å². The fourth-order valence-electron chi connectivity index (χ4n) is 2.26. The van der Waals surface area contributed by atoms with Crippen molar-refractivity contribution < 1.29 is 24.8 Å². The van der Waals surface area contributed by atoms with E-state index in [1.165, 1.54) is 25.7 Å². The van der Waals surface area contributed by atoms with Crippen LogP contribution in [-0.2, 0) is 9.47 Å². The van der Waals surface area contributed by atoms with Crippen molar-refractivity contribution in [3.05, 3.63) is 12.2 Å². The first-order chi connectivity index (χ1) is 9.70. The Bertz CT molecular complexity index is 269. The fourth-order valence-corrected chi connectivity index (χ4v) is 2.26. The molecule has 0 unspecified atom stereocenters. The van der Waals surface area contributed by atoms with Gasteiger partial charge in [0.25, 0.3) is 0 Å². The molecule has 0 aliphatic carbocycles. The second kappa shape index (κ2) is 10.3. The Morgan fingerprint density at radius 1 is 1.25 bits per heavy atom. The second-order valence-corrected chi connectivity index (χ2v) is 5.23. The molecule has 0 aromatic rings. The summed E-state index contributed by atoms with van der Waals surface area (Å²) in [7, 11) is 0. The molecule has 1 aliphatic rings. The molecular formula is C15H28O5. The zero-order valence-corrected chi connectivity index (χ0v) is 12.3. The third-order valence-electron chi connectivity index (χ3n) is 3.53. The Labute approximate surface area is 121 Å². The maximum atomic E-state index is 9.70. The summed E-state index contributed by atoms with van der Waals surface area (Å²) in [6.45, 7) is 2.41. The molecule has 0 aromatic carbocycles. The van der Waals surface area contributed by atoms with Crippen LogP contribution in [0.25, 0.3) is 0 Å². The molecule has 0 bridgehead atoms. The highest BCUT2D eigenvalue weighted by Gasteiger charge is 2.40. The molecule has 0 spiro atoms. The van der Waals surface area contributed by atoms with E-state index in [-0.39, 0.29) is 13.2 Å². The highest BCUT2D eigenvalue weighted by atomic mass is 16.6. The number of rotatable bonds is 10. The number of hydrogen-bond donors (Lipinski definition) is 3. The van der Waals surface area contributed by atoms with Crippen molar-refractivity contribution in [2.24, 2.45) is 0 Å². The van der Waals surface area contributed by atoms with Crippen LogP contribution in [0.15, 0.2) is 12.2 Å². The van der Waals surface area contributed by atoms with Gasteiger partial charge in [0.05, 0.1) is 19.8 Å². The molecule has 0 aromatic heterocycles. The standard InChI is InChI=1S/C15H28O5/c1-2-3-4-5-6-7-8-9-19-13(10-16)15-14(18)12(17)11-20-15/h7-8,12-18H,2-6,9-11H2,1H3/b8-7+/t12-,13+,14+,15+/m0/s1. The van der Waals surface area contributed by atoms with Crippen LogP contribution in [0.2, 0.25) is 0 Å². The molecule has 0 amide bonds. The predicted octanol–water partition coefficient (Wildman–Crippen LogP) is 1.01. The fraction of sp³-hybridized carbons (Fsp3) is 0.867. The summed E-state index contributed by atoms with van der Waals surface area (Å²) in [5.41, 5.74) is 0. The van der Waals surface area contributed by atoms with Gasteiger partial charge in [-0.25, -0.2) is 0 Å². The zero-order chi connectivity index (χ0) is 14.8. The summed E-state index contributed by atoms with van der Waals surface area (Å²) >= 11 is 0. The molecule has 1 heterocycles. The summed E-state index contributed by atoms with van der Waals surface area (Å²) < 4.78 is 10.7. The van der Waals surface area contributed by atoms with Crippen molar-refractivity contribution in [1.29, 1.82) is 0 Å². The van der Waals surface area contributed by atoms with E-state index in [1.54, 1.807) is 0 Å². The average molecular weight is 288 g/mol. The summed E-state index contributed by atoms with van der Waals surface area (Å²) in [5.74, 6) is 0. The minimum atomic E-state index is -0.995. The molecule has 20 heavy (non-hydrogen) atoms. The molecule has 4 atom stereocenters. The highest BCUT2D eigenvalue weighted by molar-refractivity contribution is 4.89. The first-order valence-electron chi connectivity index (χ1n) is 7.55. The lowest BCUT2D eigenvalue weighted by molar-refractivity contribution is -0.0942. The summed E-state index contributed by atoms with van der Waals surface area (Å²) in [6, 6.07) is 0. The highest BCUT2D eigenvalue weighted by Crippen LogP contribution is 2.19. The van der Waals surface area contributed by atoms with Gasteiger partial charge in [-0.2, -0.15) is 0 Å². The largest absolute Gasteiger partial charge is 0.394 e. The van der Waals surface area contributed by atoms with E-state index in [2.05, 4.69) is 13.0 Å². The molecule has 5 nitrogen and oxygen atoms in total. The van der Waals surface area contributed by atoms with Gasteiger partial charge in [0.15, 0.2) is 0 Å². The lowest BCUT2D eigenvalue weighted by Gasteiger charge is -2.23. The van der Waals surface area contributed by atoms with Crippen LogP contribution in [0.1, 0.15) is 39.0 Å². The molecule has 1 aliphatic heterocycles. The number of aliphatic hydroxyl groups is 3. The molecule has 118 valence electrons. The minimum Gasteiger partial charge on any atom is -0.394 e. The van der Waals surface area contributed by atoms with Crippen LogP contribution >= 0.6 is 0 Å². The van der Waals surface area contributed by atoms with Crippen LogP contribution in [0.4, 0.5) is 0 Å². The van der Waals surface area contributed by atoms with Gasteiger partial charge in [0, 0.05) is 0 Å². The lowest BCUT2D eigenvalue weighted by atomic mass is 10.1. The third-order valence-corrected chi connectivity index (χ3v) is 3.53. The topological polar surface area (TPSA) is 79.2 Å². The van der Waals surface area contributed by atoms with Crippen molar-refractivity contribution >= 4 is 0 Å². The van der Waals surface area contributed by atoms with Gasteiger partial charge in [-0.05, 0) is 12.8 Å². The lowest BCUT2D eigenvalue weighted by Crippen LogP contribution is -2.42. The zero-order valence-electron chi connectivity index (χ0n) is 12.3. The van der Waals surface area contributed by atoms with Crippen LogP contribution in [-0.4, -0.2) is 59.6 Å². The van der Waals surface area contributed by atoms with Crippen LogP contribution < -0.4 is 0 Å². The van der Waals surface area contributed by atoms with Crippen molar-refractivity contribution in [2.45, 2.75) is 63.4 Å². The molecule has 1 fully saturated rings.